The first-order valence-corrected chi connectivity index (χ1v) is 6.69. The normalized spacial score (nSPS) is 11.6. The van der Waals surface area contributed by atoms with Gasteiger partial charge in [0.2, 0.25) is 0 Å². The Balaban J connectivity index is 2.32. The molecule has 1 unspecified atom stereocenters. The summed E-state index contributed by atoms with van der Waals surface area (Å²) in [5.41, 5.74) is 2.67. The summed E-state index contributed by atoms with van der Waals surface area (Å²) in [5.74, 6) is 0.463. The summed E-state index contributed by atoms with van der Waals surface area (Å²) in [6, 6.07) is 14.7. The number of hydrogen-bond acceptors (Lipinski definition) is 4. The SMILES string of the molecule is COC(=O)C(Nc1ccccc1)c1ccc(OC)c(C)c1. The Kier molecular flexibility index (Phi) is 4.82. The van der Waals surface area contributed by atoms with E-state index in [0.29, 0.717) is 0 Å². The molecule has 4 heteroatoms. The van der Waals surface area contributed by atoms with Gasteiger partial charge < -0.3 is 14.8 Å². The van der Waals surface area contributed by atoms with Crippen molar-refractivity contribution in [2.24, 2.45) is 0 Å². The van der Waals surface area contributed by atoms with Crippen molar-refractivity contribution < 1.29 is 14.3 Å². The van der Waals surface area contributed by atoms with Gasteiger partial charge in [0.05, 0.1) is 14.2 Å². The van der Waals surface area contributed by atoms with Crippen molar-refractivity contribution in [3.63, 3.8) is 0 Å². The van der Waals surface area contributed by atoms with Crippen LogP contribution in [0.25, 0.3) is 0 Å². The van der Waals surface area contributed by atoms with E-state index in [1.165, 1.54) is 7.11 Å². The zero-order chi connectivity index (χ0) is 15.2. The minimum absolute atomic E-state index is 0.330. The van der Waals surface area contributed by atoms with Crippen LogP contribution in [0.15, 0.2) is 48.5 Å². The lowest BCUT2D eigenvalue weighted by atomic mass is 10.0. The van der Waals surface area contributed by atoms with E-state index < -0.39 is 6.04 Å². The Morgan fingerprint density at radius 3 is 2.38 bits per heavy atom. The highest BCUT2D eigenvalue weighted by atomic mass is 16.5. The van der Waals surface area contributed by atoms with Crippen LogP contribution in [0.1, 0.15) is 17.2 Å². The average Bonchev–Trinajstić information content (AvgIpc) is 2.53. The van der Waals surface area contributed by atoms with Gasteiger partial charge in [-0.1, -0.05) is 24.3 Å². The first-order chi connectivity index (χ1) is 10.2. The fraction of sp³-hybridized carbons (Fsp3) is 0.235. The van der Waals surface area contributed by atoms with Gasteiger partial charge >= 0.3 is 5.97 Å². The van der Waals surface area contributed by atoms with Crippen molar-refractivity contribution in [2.45, 2.75) is 13.0 Å². The number of rotatable bonds is 5. The number of nitrogens with one attached hydrogen (secondary N) is 1. The lowest BCUT2D eigenvalue weighted by Gasteiger charge is -2.19. The standard InChI is InChI=1S/C17H19NO3/c1-12-11-13(9-10-15(12)20-2)16(17(19)21-3)18-14-7-5-4-6-8-14/h4-11,16,18H,1-3H3. The second-order valence-corrected chi connectivity index (χ2v) is 4.70. The second-order valence-electron chi connectivity index (χ2n) is 4.70. The van der Waals surface area contributed by atoms with Crippen LogP contribution < -0.4 is 10.1 Å². The third-order valence-corrected chi connectivity index (χ3v) is 3.27. The van der Waals surface area contributed by atoms with Crippen LogP contribution in [0.4, 0.5) is 5.69 Å². The molecule has 0 aliphatic carbocycles. The molecule has 0 bridgehead atoms. The number of hydrogen-bond donors (Lipinski definition) is 1. The molecule has 1 atom stereocenters. The average molecular weight is 285 g/mol. The summed E-state index contributed by atoms with van der Waals surface area (Å²) in [6.45, 7) is 1.94. The number of methoxy groups -OCH3 is 2. The molecule has 0 saturated carbocycles. The molecule has 4 nitrogen and oxygen atoms in total. The Hall–Kier alpha value is -2.49. The van der Waals surface area contributed by atoms with E-state index in [-0.39, 0.29) is 5.97 Å². The van der Waals surface area contributed by atoms with E-state index in [4.69, 9.17) is 9.47 Å². The number of esters is 1. The molecule has 2 aromatic rings. The molecule has 0 saturated heterocycles. The summed E-state index contributed by atoms with van der Waals surface area (Å²) in [6.07, 6.45) is 0. The van der Waals surface area contributed by atoms with Gasteiger partial charge in [0, 0.05) is 5.69 Å². The van der Waals surface area contributed by atoms with Gasteiger partial charge in [-0.2, -0.15) is 0 Å². The van der Waals surface area contributed by atoms with E-state index in [0.717, 1.165) is 22.6 Å². The van der Waals surface area contributed by atoms with E-state index >= 15 is 0 Å². The van der Waals surface area contributed by atoms with Gasteiger partial charge in [-0.3, -0.25) is 0 Å². The molecular formula is C17H19NO3. The topological polar surface area (TPSA) is 47.6 Å². The number of aryl methyl sites for hydroxylation is 1. The molecule has 0 spiro atoms. The summed E-state index contributed by atoms with van der Waals surface area (Å²) >= 11 is 0. The van der Waals surface area contributed by atoms with Crippen LogP contribution in [0.3, 0.4) is 0 Å². The van der Waals surface area contributed by atoms with Crippen LogP contribution in [-0.2, 0) is 9.53 Å². The molecule has 1 N–H and O–H groups in total. The monoisotopic (exact) mass is 285 g/mol. The Morgan fingerprint density at radius 2 is 1.81 bits per heavy atom. The fourth-order valence-corrected chi connectivity index (χ4v) is 2.18. The largest absolute Gasteiger partial charge is 0.496 e. The first kappa shape index (κ1) is 14.9. The van der Waals surface area contributed by atoms with E-state index in [1.54, 1.807) is 7.11 Å². The van der Waals surface area contributed by atoms with Gasteiger partial charge in [0.1, 0.15) is 5.75 Å². The molecular weight excluding hydrogens is 266 g/mol. The fourth-order valence-electron chi connectivity index (χ4n) is 2.18. The van der Waals surface area contributed by atoms with Crippen molar-refractivity contribution in [2.75, 3.05) is 19.5 Å². The molecule has 21 heavy (non-hydrogen) atoms. The zero-order valence-electron chi connectivity index (χ0n) is 12.4. The molecule has 2 aromatic carbocycles. The molecule has 0 fully saturated rings. The first-order valence-electron chi connectivity index (χ1n) is 6.69. The molecule has 0 radical (unpaired) electrons. The lowest BCUT2D eigenvalue weighted by Crippen LogP contribution is -2.22. The highest BCUT2D eigenvalue weighted by Crippen LogP contribution is 2.26. The molecule has 0 aliphatic rings. The van der Waals surface area contributed by atoms with Gasteiger partial charge in [-0.25, -0.2) is 4.79 Å². The van der Waals surface area contributed by atoms with Crippen molar-refractivity contribution in [1.29, 1.82) is 0 Å². The Morgan fingerprint density at radius 1 is 1.10 bits per heavy atom. The van der Waals surface area contributed by atoms with Crippen LogP contribution in [-0.4, -0.2) is 20.2 Å². The third-order valence-electron chi connectivity index (χ3n) is 3.27. The van der Waals surface area contributed by atoms with Crippen molar-refractivity contribution >= 4 is 11.7 Å². The van der Waals surface area contributed by atoms with Crippen molar-refractivity contribution in [3.8, 4) is 5.75 Å². The molecule has 0 aliphatic heterocycles. The predicted molar refractivity (Wildman–Crippen MR) is 82.6 cm³/mol. The maximum Gasteiger partial charge on any atom is 0.332 e. The number of carbonyl (C=O) groups excluding carboxylic acids is 1. The summed E-state index contributed by atoms with van der Waals surface area (Å²) in [5, 5.41) is 3.20. The van der Waals surface area contributed by atoms with Crippen LogP contribution in [0.5, 0.6) is 5.75 Å². The van der Waals surface area contributed by atoms with Gasteiger partial charge in [0.25, 0.3) is 0 Å². The zero-order valence-corrected chi connectivity index (χ0v) is 12.4. The molecule has 0 amide bonds. The maximum atomic E-state index is 12.1. The Labute approximate surface area is 124 Å². The van der Waals surface area contributed by atoms with E-state index in [2.05, 4.69) is 5.32 Å². The number of carbonyl (C=O) groups is 1. The smallest absolute Gasteiger partial charge is 0.332 e. The lowest BCUT2D eigenvalue weighted by molar-refractivity contribution is -0.141. The van der Waals surface area contributed by atoms with Gasteiger partial charge in [-0.05, 0) is 42.3 Å². The highest BCUT2D eigenvalue weighted by Gasteiger charge is 2.22. The summed E-state index contributed by atoms with van der Waals surface area (Å²) < 4.78 is 10.2. The summed E-state index contributed by atoms with van der Waals surface area (Å²) in [4.78, 5) is 12.1. The maximum absolute atomic E-state index is 12.1. The van der Waals surface area contributed by atoms with Crippen LogP contribution in [0, 0.1) is 6.92 Å². The van der Waals surface area contributed by atoms with Crippen LogP contribution >= 0.6 is 0 Å². The second kappa shape index (κ2) is 6.79. The van der Waals surface area contributed by atoms with Crippen molar-refractivity contribution in [3.05, 3.63) is 59.7 Å². The Bertz CT molecular complexity index is 611. The van der Waals surface area contributed by atoms with Crippen molar-refractivity contribution in [1.82, 2.24) is 0 Å². The molecule has 110 valence electrons. The van der Waals surface area contributed by atoms with Gasteiger partial charge in [-0.15, -0.1) is 0 Å². The quantitative estimate of drug-likeness (QED) is 0.856. The predicted octanol–water partition coefficient (Wildman–Crippen LogP) is 3.33. The van der Waals surface area contributed by atoms with Crippen LogP contribution in [0.2, 0.25) is 0 Å². The molecule has 0 heterocycles. The molecule has 0 aromatic heterocycles. The summed E-state index contributed by atoms with van der Waals surface area (Å²) in [7, 11) is 3.01. The third kappa shape index (κ3) is 3.54. The minimum Gasteiger partial charge on any atom is -0.496 e. The highest BCUT2D eigenvalue weighted by molar-refractivity contribution is 5.81. The van der Waals surface area contributed by atoms with E-state index in [9.17, 15) is 4.79 Å². The number of anilines is 1. The number of benzene rings is 2. The number of ether oxygens (including phenoxy) is 2. The minimum atomic E-state index is -0.554. The van der Waals surface area contributed by atoms with E-state index in [1.807, 2.05) is 55.5 Å². The molecule has 2 rings (SSSR count). The number of para-hydroxylation sites is 1. The van der Waals surface area contributed by atoms with Gasteiger partial charge in [0.15, 0.2) is 6.04 Å².